The summed E-state index contributed by atoms with van der Waals surface area (Å²) in [7, 11) is 0. The summed E-state index contributed by atoms with van der Waals surface area (Å²) in [6, 6.07) is 30.1. The second-order valence-electron chi connectivity index (χ2n) is 16.4. The molecule has 8 bridgehead atoms. The largest absolute Gasteiger partial charge is 2.00 e. The molecule has 0 aliphatic carbocycles. The number of thiocarbonyl (C=S) groups is 1. The zero-order valence-electron chi connectivity index (χ0n) is 36.2. The Balaban J connectivity index is 0.00000514. The number of aryl methyl sites for hydroxylation is 9. The summed E-state index contributed by atoms with van der Waals surface area (Å²) in [5.41, 5.74) is 26.5. The van der Waals surface area contributed by atoms with Crippen molar-refractivity contribution >= 4 is 69.4 Å². The minimum atomic E-state index is 0. The molecule has 294 valence electrons. The number of hydrogen-bond acceptors (Lipinski definition) is 4. The van der Waals surface area contributed by atoms with Gasteiger partial charge in [0.15, 0.2) is 0 Å². The maximum atomic E-state index is 5.56. The average molecular weight is 861 g/mol. The Labute approximate surface area is 376 Å². The Morgan fingerprint density at radius 1 is 0.410 bits per heavy atom. The summed E-state index contributed by atoms with van der Waals surface area (Å²) >= 11 is 4.93. The molecule has 0 atom stereocenters. The van der Waals surface area contributed by atoms with Gasteiger partial charge in [-0.3, -0.25) is 0 Å². The Kier molecular flexibility index (Phi) is 11.2. The van der Waals surface area contributed by atoms with Gasteiger partial charge in [-0.2, -0.15) is 4.99 Å². The van der Waals surface area contributed by atoms with Crippen molar-refractivity contribution in [1.82, 2.24) is 19.9 Å². The minimum absolute atomic E-state index is 0. The van der Waals surface area contributed by atoms with Gasteiger partial charge < -0.3 is 9.97 Å². The molecular formula is C54H45N5SZn. The molecular weight excluding hydrogens is 816 g/mol. The third-order valence-corrected chi connectivity index (χ3v) is 11.8. The van der Waals surface area contributed by atoms with E-state index < -0.39 is 0 Å². The summed E-state index contributed by atoms with van der Waals surface area (Å²) in [4.78, 5) is 26.3. The van der Waals surface area contributed by atoms with Crippen LogP contribution in [0.15, 0.2) is 89.9 Å². The number of aromatic nitrogens is 4. The maximum Gasteiger partial charge on any atom is 2.00 e. The number of rotatable bonds is 5. The molecule has 0 amide bonds. The Hall–Kier alpha value is -6.10. The van der Waals surface area contributed by atoms with Gasteiger partial charge in [0.1, 0.15) is 0 Å². The molecule has 3 aromatic heterocycles. The first-order chi connectivity index (χ1) is 28.9. The molecule has 5 heterocycles. The Morgan fingerprint density at radius 2 is 0.705 bits per heavy atom. The fraction of sp³-hybridized carbons (Fsp3) is 0.167. The van der Waals surface area contributed by atoms with Crippen molar-refractivity contribution in [1.29, 1.82) is 0 Å². The number of hydrogen-bond donors (Lipinski definition) is 0. The SMILES string of the molecule is Cc1cc(C)c(-c2c3nc(c(-c4c(C)cc(C)cc4C)c4ccc([n-]4)c(-c4c(C)cc(C)cc4C)c4nc(c(-c5ccc(N=C=S)cc5)c5ccc2[n-]5)C=C4)C=C3)c(C)c1.[Zn+2]. The van der Waals surface area contributed by atoms with Crippen LogP contribution in [0.4, 0.5) is 5.69 Å². The summed E-state index contributed by atoms with van der Waals surface area (Å²) in [6.45, 7) is 19.6. The molecule has 7 aromatic rings. The molecule has 0 saturated carbocycles. The molecule has 0 radical (unpaired) electrons. The molecule has 2 aliphatic rings. The normalized spacial score (nSPS) is 11.8. The van der Waals surface area contributed by atoms with E-state index in [4.69, 9.17) is 32.2 Å². The van der Waals surface area contributed by atoms with Crippen LogP contribution in [0.2, 0.25) is 0 Å². The molecule has 4 aromatic carbocycles. The molecule has 5 nitrogen and oxygen atoms in total. The predicted octanol–water partition coefficient (Wildman–Crippen LogP) is 14.1. The minimum Gasteiger partial charge on any atom is -0.657 e. The smallest absolute Gasteiger partial charge is 0.657 e. The first-order valence-electron chi connectivity index (χ1n) is 20.4. The van der Waals surface area contributed by atoms with Crippen molar-refractivity contribution in [3.8, 4) is 44.5 Å². The molecule has 0 saturated heterocycles. The zero-order chi connectivity index (χ0) is 42.0. The second-order valence-corrected chi connectivity index (χ2v) is 16.6. The Bertz CT molecular complexity index is 3120. The first kappa shape index (κ1) is 41.6. The van der Waals surface area contributed by atoms with Crippen LogP contribution in [-0.2, 0) is 19.5 Å². The zero-order valence-corrected chi connectivity index (χ0v) is 40.0. The van der Waals surface area contributed by atoms with Gasteiger partial charge >= 0.3 is 19.5 Å². The first-order valence-corrected chi connectivity index (χ1v) is 20.8. The molecule has 0 N–H and O–H groups in total. The van der Waals surface area contributed by atoms with E-state index >= 15 is 0 Å². The van der Waals surface area contributed by atoms with Gasteiger partial charge in [-0.25, -0.2) is 9.97 Å². The van der Waals surface area contributed by atoms with Gasteiger partial charge in [0, 0.05) is 0 Å². The number of aliphatic imine (C=N–C) groups is 1. The van der Waals surface area contributed by atoms with E-state index in [0.717, 1.165) is 95.0 Å². The Morgan fingerprint density at radius 3 is 1.02 bits per heavy atom. The van der Waals surface area contributed by atoms with Crippen LogP contribution in [0.5, 0.6) is 0 Å². The summed E-state index contributed by atoms with van der Waals surface area (Å²) < 4.78 is 0. The van der Waals surface area contributed by atoms with Crippen LogP contribution in [0.1, 0.15) is 72.8 Å². The van der Waals surface area contributed by atoms with E-state index in [-0.39, 0.29) is 19.5 Å². The number of fused-ring (bicyclic) bond motifs is 8. The third kappa shape index (κ3) is 7.53. The van der Waals surface area contributed by atoms with Crippen LogP contribution < -0.4 is 9.97 Å². The van der Waals surface area contributed by atoms with Gasteiger partial charge in [0.2, 0.25) is 0 Å². The topological polar surface area (TPSA) is 66.3 Å². The summed E-state index contributed by atoms with van der Waals surface area (Å²) in [5, 5.41) is 2.50. The van der Waals surface area contributed by atoms with E-state index in [1.807, 2.05) is 12.1 Å². The van der Waals surface area contributed by atoms with E-state index in [2.05, 4.69) is 170 Å². The molecule has 0 unspecified atom stereocenters. The van der Waals surface area contributed by atoms with Gasteiger partial charge in [0.25, 0.3) is 0 Å². The average Bonchev–Trinajstić information content (AvgIpc) is 4.02. The van der Waals surface area contributed by atoms with E-state index in [0.29, 0.717) is 0 Å². The summed E-state index contributed by atoms with van der Waals surface area (Å²) in [5.74, 6) is 0. The molecule has 0 spiro atoms. The van der Waals surface area contributed by atoms with Crippen molar-refractivity contribution in [2.45, 2.75) is 62.3 Å². The predicted molar refractivity (Wildman–Crippen MR) is 256 cm³/mol. The van der Waals surface area contributed by atoms with Crippen LogP contribution in [0.3, 0.4) is 0 Å². The molecule has 2 aliphatic heterocycles. The van der Waals surface area contributed by atoms with Gasteiger partial charge in [-0.1, -0.05) is 89.5 Å². The fourth-order valence-corrected chi connectivity index (χ4v) is 9.74. The number of benzene rings is 4. The van der Waals surface area contributed by atoms with Gasteiger partial charge in [-0.05, 0) is 189 Å². The second kappa shape index (κ2) is 16.4. The third-order valence-electron chi connectivity index (χ3n) is 11.7. The molecule has 9 rings (SSSR count). The van der Waals surface area contributed by atoms with Gasteiger partial charge in [-0.15, -0.1) is 22.1 Å². The quantitative estimate of drug-likeness (QED) is 0.0980. The molecule has 7 heteroatoms. The van der Waals surface area contributed by atoms with Gasteiger partial charge in [0.05, 0.1) is 33.6 Å². The van der Waals surface area contributed by atoms with Crippen molar-refractivity contribution in [3.63, 3.8) is 0 Å². The van der Waals surface area contributed by atoms with Crippen LogP contribution in [0.25, 0.3) is 90.9 Å². The van der Waals surface area contributed by atoms with Crippen LogP contribution in [0, 0.1) is 62.3 Å². The van der Waals surface area contributed by atoms with Crippen molar-refractivity contribution in [2.24, 2.45) is 4.99 Å². The molecule has 0 fully saturated rings. The number of nitrogens with zero attached hydrogens (tertiary/aromatic N) is 5. The van der Waals surface area contributed by atoms with E-state index in [9.17, 15) is 0 Å². The fourth-order valence-electron chi connectivity index (χ4n) is 9.63. The maximum absolute atomic E-state index is 5.56. The van der Waals surface area contributed by atoms with Crippen molar-refractivity contribution in [2.75, 3.05) is 0 Å². The number of isothiocyanates is 1. The van der Waals surface area contributed by atoms with Crippen LogP contribution in [-0.4, -0.2) is 15.1 Å². The summed E-state index contributed by atoms with van der Waals surface area (Å²) in [6.07, 6.45) is 8.55. The van der Waals surface area contributed by atoms with Crippen molar-refractivity contribution in [3.05, 3.63) is 158 Å². The molecule has 61 heavy (non-hydrogen) atoms. The van der Waals surface area contributed by atoms with Crippen LogP contribution >= 0.6 is 12.2 Å². The van der Waals surface area contributed by atoms with E-state index in [1.165, 1.54) is 50.1 Å². The van der Waals surface area contributed by atoms with E-state index in [1.54, 1.807) is 0 Å². The monoisotopic (exact) mass is 859 g/mol. The van der Waals surface area contributed by atoms with Crippen molar-refractivity contribution < 1.29 is 19.5 Å². The standard InChI is InChI=1S/C54H45N5S.Zn/c1-29-22-32(4)48(33(5)23-29)52-42-16-14-40(56-42)51(38-10-12-39(13-11-38)55-28-60)41-15-17-43(57-41)53(49-34(6)24-30(2)25-35(49)7)45-19-21-47(59-45)54(46-20-18-44(52)58-46)50-36(8)26-31(3)27-37(50)9;/h10-27H,1-9H3;/q-2;+2.